The number of hydrogen-bond acceptors (Lipinski definition) is 4. The molecule has 1 unspecified atom stereocenters. The summed E-state index contributed by atoms with van der Waals surface area (Å²) in [4.78, 5) is 18.2. The van der Waals surface area contributed by atoms with Crippen LogP contribution < -0.4 is 4.74 Å². The third-order valence-electron chi connectivity index (χ3n) is 6.72. The van der Waals surface area contributed by atoms with Crippen LogP contribution >= 0.6 is 0 Å². The molecular weight excluding hydrogens is 407 g/mol. The van der Waals surface area contributed by atoms with E-state index in [9.17, 15) is 9.18 Å². The summed E-state index contributed by atoms with van der Waals surface area (Å²) >= 11 is 0. The molecule has 6 heteroatoms. The molecule has 2 aliphatic rings. The molecule has 0 aliphatic carbocycles. The van der Waals surface area contributed by atoms with Crippen molar-refractivity contribution in [2.45, 2.75) is 44.2 Å². The van der Waals surface area contributed by atoms with Gasteiger partial charge in [-0.15, -0.1) is 0 Å². The molecule has 0 radical (unpaired) electrons. The number of halogens is 1. The van der Waals surface area contributed by atoms with Gasteiger partial charge in [-0.1, -0.05) is 30.3 Å². The van der Waals surface area contributed by atoms with E-state index in [4.69, 9.17) is 9.47 Å². The third kappa shape index (κ3) is 4.52. The zero-order chi connectivity index (χ0) is 22.7. The molecule has 2 aliphatic heterocycles. The van der Waals surface area contributed by atoms with Crippen LogP contribution in [-0.2, 0) is 14.9 Å². The van der Waals surface area contributed by atoms with Crippen molar-refractivity contribution in [1.29, 1.82) is 0 Å². The lowest BCUT2D eigenvalue weighted by atomic mass is 9.72. The highest BCUT2D eigenvalue weighted by atomic mass is 19.1. The SMILES string of the molecule is CC(C)Oc1ccc(C2CN(C(=O)C3(c4ccccc4F)CCOCC3)CCN2C)cc1. The molecule has 2 aromatic carbocycles. The molecule has 32 heavy (non-hydrogen) atoms. The van der Waals surface area contributed by atoms with Crippen molar-refractivity contribution in [3.05, 3.63) is 65.5 Å². The minimum Gasteiger partial charge on any atom is -0.491 e. The van der Waals surface area contributed by atoms with Crippen LogP contribution in [0.25, 0.3) is 0 Å². The molecule has 0 spiro atoms. The smallest absolute Gasteiger partial charge is 0.233 e. The van der Waals surface area contributed by atoms with E-state index in [1.807, 2.05) is 36.9 Å². The Morgan fingerprint density at radius 2 is 1.78 bits per heavy atom. The summed E-state index contributed by atoms with van der Waals surface area (Å²) in [5.41, 5.74) is 0.783. The molecule has 5 nitrogen and oxygen atoms in total. The van der Waals surface area contributed by atoms with Crippen LogP contribution in [0.1, 0.15) is 43.9 Å². The van der Waals surface area contributed by atoms with Crippen molar-refractivity contribution in [2.24, 2.45) is 0 Å². The molecule has 1 amide bonds. The van der Waals surface area contributed by atoms with Crippen LogP contribution in [0.2, 0.25) is 0 Å². The van der Waals surface area contributed by atoms with Gasteiger partial charge in [-0.3, -0.25) is 9.69 Å². The van der Waals surface area contributed by atoms with Gasteiger partial charge in [0.2, 0.25) is 5.91 Å². The first kappa shape index (κ1) is 22.7. The predicted octanol–water partition coefficient (Wildman–Crippen LogP) is 4.18. The monoisotopic (exact) mass is 440 g/mol. The normalized spacial score (nSPS) is 21.5. The fourth-order valence-electron chi connectivity index (χ4n) is 4.93. The average molecular weight is 441 g/mol. The maximum absolute atomic E-state index is 14.8. The number of ether oxygens (including phenoxy) is 2. The number of carbonyl (C=O) groups is 1. The molecule has 0 N–H and O–H groups in total. The first-order chi connectivity index (χ1) is 15.4. The lowest BCUT2D eigenvalue weighted by Crippen LogP contribution is -2.56. The summed E-state index contributed by atoms with van der Waals surface area (Å²) in [5.74, 6) is 0.550. The van der Waals surface area contributed by atoms with Crippen LogP contribution in [0.5, 0.6) is 5.75 Å². The highest BCUT2D eigenvalue weighted by Crippen LogP contribution is 2.39. The number of carbonyl (C=O) groups excluding carboxylic acids is 1. The van der Waals surface area contributed by atoms with Gasteiger partial charge in [0.1, 0.15) is 11.6 Å². The lowest BCUT2D eigenvalue weighted by Gasteiger charge is -2.45. The zero-order valence-electron chi connectivity index (χ0n) is 19.2. The first-order valence-corrected chi connectivity index (χ1v) is 11.5. The van der Waals surface area contributed by atoms with E-state index in [2.05, 4.69) is 24.1 Å². The van der Waals surface area contributed by atoms with E-state index < -0.39 is 5.41 Å². The van der Waals surface area contributed by atoms with Gasteiger partial charge in [0.15, 0.2) is 0 Å². The quantitative estimate of drug-likeness (QED) is 0.700. The standard InChI is InChI=1S/C26H33FN2O3/c1-19(2)32-21-10-8-20(9-11-21)24-18-29(15-14-28(24)3)25(30)26(12-16-31-17-13-26)22-6-4-5-7-23(22)27/h4-11,19,24H,12-18H2,1-3H3. The van der Waals surface area contributed by atoms with Crippen molar-refractivity contribution in [3.8, 4) is 5.75 Å². The van der Waals surface area contributed by atoms with Crippen LogP contribution in [0.15, 0.2) is 48.5 Å². The van der Waals surface area contributed by atoms with Crippen molar-refractivity contribution in [3.63, 3.8) is 0 Å². The Morgan fingerprint density at radius 3 is 2.44 bits per heavy atom. The summed E-state index contributed by atoms with van der Waals surface area (Å²) in [6.45, 7) is 6.93. The summed E-state index contributed by atoms with van der Waals surface area (Å²) < 4.78 is 26.2. The fourth-order valence-corrected chi connectivity index (χ4v) is 4.93. The zero-order valence-corrected chi connectivity index (χ0v) is 19.2. The Labute approximate surface area is 190 Å². The maximum atomic E-state index is 14.8. The second-order valence-electron chi connectivity index (χ2n) is 9.16. The summed E-state index contributed by atoms with van der Waals surface area (Å²) in [6, 6.07) is 14.9. The van der Waals surface area contributed by atoms with Crippen LogP contribution in [-0.4, -0.2) is 61.7 Å². The summed E-state index contributed by atoms with van der Waals surface area (Å²) in [7, 11) is 2.09. The van der Waals surface area contributed by atoms with Gasteiger partial charge in [0.05, 0.1) is 17.6 Å². The van der Waals surface area contributed by atoms with E-state index in [1.165, 1.54) is 6.07 Å². The number of amides is 1. The Kier molecular flexibility index (Phi) is 6.82. The Morgan fingerprint density at radius 1 is 1.09 bits per heavy atom. The second kappa shape index (κ2) is 9.59. The van der Waals surface area contributed by atoms with Crippen LogP contribution in [0.4, 0.5) is 4.39 Å². The summed E-state index contributed by atoms with van der Waals surface area (Å²) in [5, 5.41) is 0. The molecule has 0 saturated carbocycles. The molecule has 2 fully saturated rings. The second-order valence-corrected chi connectivity index (χ2v) is 9.16. The molecule has 0 aromatic heterocycles. The molecule has 2 saturated heterocycles. The molecule has 2 heterocycles. The number of likely N-dealkylation sites (N-methyl/N-ethyl adjacent to an activating group) is 1. The number of hydrogen-bond donors (Lipinski definition) is 0. The molecule has 4 rings (SSSR count). The average Bonchev–Trinajstić information content (AvgIpc) is 2.80. The Bertz CT molecular complexity index is 925. The largest absolute Gasteiger partial charge is 0.491 e. The van der Waals surface area contributed by atoms with E-state index in [1.54, 1.807) is 12.1 Å². The van der Waals surface area contributed by atoms with Gasteiger partial charge < -0.3 is 14.4 Å². The van der Waals surface area contributed by atoms with Gasteiger partial charge in [0, 0.05) is 38.4 Å². The molecule has 0 bridgehead atoms. The third-order valence-corrected chi connectivity index (χ3v) is 6.72. The number of nitrogens with zero attached hydrogens (tertiary/aromatic N) is 2. The minimum atomic E-state index is -0.862. The van der Waals surface area contributed by atoms with Crippen molar-refractivity contribution >= 4 is 5.91 Å². The number of piperazine rings is 1. The van der Waals surface area contributed by atoms with Crippen LogP contribution in [0.3, 0.4) is 0 Å². The van der Waals surface area contributed by atoms with Crippen molar-refractivity contribution < 1.29 is 18.7 Å². The van der Waals surface area contributed by atoms with E-state index >= 15 is 0 Å². The number of rotatable bonds is 5. The fraction of sp³-hybridized carbons (Fsp3) is 0.500. The molecular formula is C26H33FN2O3. The van der Waals surface area contributed by atoms with Gasteiger partial charge >= 0.3 is 0 Å². The van der Waals surface area contributed by atoms with Crippen molar-refractivity contribution in [2.75, 3.05) is 39.9 Å². The number of benzene rings is 2. The molecule has 172 valence electrons. The molecule has 2 aromatic rings. The van der Waals surface area contributed by atoms with Crippen LogP contribution in [0, 0.1) is 5.82 Å². The van der Waals surface area contributed by atoms with E-state index in [0.717, 1.165) is 17.9 Å². The Hall–Kier alpha value is -2.44. The topological polar surface area (TPSA) is 42.0 Å². The predicted molar refractivity (Wildman–Crippen MR) is 122 cm³/mol. The highest BCUT2D eigenvalue weighted by Gasteiger charge is 2.46. The van der Waals surface area contributed by atoms with Gasteiger partial charge in [0.25, 0.3) is 0 Å². The Balaban J connectivity index is 1.58. The summed E-state index contributed by atoms with van der Waals surface area (Å²) in [6.07, 6.45) is 1.14. The maximum Gasteiger partial charge on any atom is 0.233 e. The van der Waals surface area contributed by atoms with E-state index in [-0.39, 0.29) is 23.9 Å². The van der Waals surface area contributed by atoms with Crippen molar-refractivity contribution in [1.82, 2.24) is 9.80 Å². The van der Waals surface area contributed by atoms with Gasteiger partial charge in [-0.25, -0.2) is 4.39 Å². The van der Waals surface area contributed by atoms with E-state index in [0.29, 0.717) is 44.7 Å². The first-order valence-electron chi connectivity index (χ1n) is 11.5. The minimum absolute atomic E-state index is 0.0174. The lowest BCUT2D eigenvalue weighted by molar-refractivity contribution is -0.144. The molecule has 1 atom stereocenters. The van der Waals surface area contributed by atoms with Gasteiger partial charge in [-0.2, -0.15) is 0 Å². The highest BCUT2D eigenvalue weighted by molar-refractivity contribution is 5.88. The van der Waals surface area contributed by atoms with Gasteiger partial charge in [-0.05, 0) is 57.5 Å².